The largest absolute Gasteiger partial charge is 0.352 e. The standard InChI is InChI=1S/C16H26N2O/c1-10-7-11(2)13(4)14(12(10)3)9-18-15(19)8-16(5,6)17/h7H,8-9,17H2,1-6H3,(H,18,19). The first kappa shape index (κ1) is 15.7. The second-order valence-corrected chi connectivity index (χ2v) is 6.18. The predicted molar refractivity (Wildman–Crippen MR) is 80.1 cm³/mol. The van der Waals surface area contributed by atoms with Gasteiger partial charge in [0.2, 0.25) is 5.91 Å². The maximum Gasteiger partial charge on any atom is 0.222 e. The molecule has 0 aromatic heterocycles. The van der Waals surface area contributed by atoms with E-state index in [1.807, 2.05) is 13.8 Å². The highest BCUT2D eigenvalue weighted by Crippen LogP contribution is 2.21. The average molecular weight is 262 g/mol. The quantitative estimate of drug-likeness (QED) is 0.876. The molecule has 0 unspecified atom stereocenters. The van der Waals surface area contributed by atoms with Crippen molar-refractivity contribution in [3.63, 3.8) is 0 Å². The van der Waals surface area contributed by atoms with Gasteiger partial charge in [0.25, 0.3) is 0 Å². The van der Waals surface area contributed by atoms with Crippen LogP contribution < -0.4 is 11.1 Å². The van der Waals surface area contributed by atoms with E-state index in [1.54, 1.807) is 0 Å². The molecule has 1 rings (SSSR count). The molecule has 3 nitrogen and oxygen atoms in total. The molecule has 1 aromatic rings. The zero-order chi connectivity index (χ0) is 14.8. The van der Waals surface area contributed by atoms with Crippen LogP contribution in [0.4, 0.5) is 0 Å². The summed E-state index contributed by atoms with van der Waals surface area (Å²) in [7, 11) is 0. The lowest BCUT2D eigenvalue weighted by molar-refractivity contribution is -0.122. The number of carbonyl (C=O) groups excluding carboxylic acids is 1. The molecule has 0 saturated heterocycles. The molecule has 0 heterocycles. The summed E-state index contributed by atoms with van der Waals surface area (Å²) in [6.45, 7) is 12.7. The molecule has 0 aliphatic carbocycles. The van der Waals surface area contributed by atoms with Crippen molar-refractivity contribution in [3.05, 3.63) is 33.9 Å². The molecule has 0 aliphatic rings. The highest BCUT2D eigenvalue weighted by molar-refractivity contribution is 5.77. The van der Waals surface area contributed by atoms with Gasteiger partial charge in [-0.1, -0.05) is 6.07 Å². The Labute approximate surface area is 116 Å². The normalized spacial score (nSPS) is 11.5. The van der Waals surface area contributed by atoms with Crippen molar-refractivity contribution < 1.29 is 4.79 Å². The van der Waals surface area contributed by atoms with Crippen LogP contribution >= 0.6 is 0 Å². The molecule has 0 spiro atoms. The lowest BCUT2D eigenvalue weighted by Gasteiger charge is -2.19. The van der Waals surface area contributed by atoms with Crippen LogP contribution in [0.3, 0.4) is 0 Å². The minimum atomic E-state index is -0.462. The Morgan fingerprint density at radius 3 is 2.05 bits per heavy atom. The third-order valence-corrected chi connectivity index (χ3v) is 3.60. The fraction of sp³-hybridized carbons (Fsp3) is 0.562. The van der Waals surface area contributed by atoms with Crippen LogP contribution in [0.5, 0.6) is 0 Å². The maximum atomic E-state index is 11.8. The van der Waals surface area contributed by atoms with Crippen molar-refractivity contribution in [2.45, 2.75) is 60.0 Å². The second-order valence-electron chi connectivity index (χ2n) is 6.18. The summed E-state index contributed by atoms with van der Waals surface area (Å²) in [5, 5.41) is 2.97. The molecule has 0 saturated carbocycles. The van der Waals surface area contributed by atoms with Gasteiger partial charge in [-0.05, 0) is 69.4 Å². The molecule has 0 fully saturated rings. The van der Waals surface area contributed by atoms with E-state index >= 15 is 0 Å². The fourth-order valence-electron chi connectivity index (χ4n) is 2.23. The van der Waals surface area contributed by atoms with Gasteiger partial charge >= 0.3 is 0 Å². The molecule has 0 bridgehead atoms. The van der Waals surface area contributed by atoms with Gasteiger partial charge in [-0.15, -0.1) is 0 Å². The van der Waals surface area contributed by atoms with Crippen molar-refractivity contribution in [1.29, 1.82) is 0 Å². The number of benzene rings is 1. The van der Waals surface area contributed by atoms with Crippen molar-refractivity contribution in [2.75, 3.05) is 0 Å². The van der Waals surface area contributed by atoms with Crippen molar-refractivity contribution >= 4 is 5.91 Å². The van der Waals surface area contributed by atoms with Crippen LogP contribution in [0.2, 0.25) is 0 Å². The monoisotopic (exact) mass is 262 g/mol. The first-order valence-electron chi connectivity index (χ1n) is 6.73. The SMILES string of the molecule is Cc1cc(C)c(C)c(CNC(=O)CC(C)(C)N)c1C. The van der Waals surface area contributed by atoms with E-state index in [0.29, 0.717) is 13.0 Å². The van der Waals surface area contributed by atoms with Crippen LogP contribution in [0.15, 0.2) is 6.07 Å². The highest BCUT2D eigenvalue weighted by Gasteiger charge is 2.16. The number of nitrogens with two attached hydrogens (primary N) is 1. The molecular weight excluding hydrogens is 236 g/mol. The Morgan fingerprint density at radius 2 is 1.63 bits per heavy atom. The van der Waals surface area contributed by atoms with Gasteiger partial charge in [0.15, 0.2) is 0 Å². The topological polar surface area (TPSA) is 55.1 Å². The van der Waals surface area contributed by atoms with Crippen molar-refractivity contribution in [2.24, 2.45) is 5.73 Å². The van der Waals surface area contributed by atoms with E-state index in [-0.39, 0.29) is 5.91 Å². The Kier molecular flexibility index (Phi) is 4.75. The summed E-state index contributed by atoms with van der Waals surface area (Å²) in [4.78, 5) is 11.8. The van der Waals surface area contributed by atoms with Crippen LogP contribution in [-0.4, -0.2) is 11.4 Å². The number of rotatable bonds is 4. The molecule has 0 atom stereocenters. The Bertz CT molecular complexity index is 458. The molecule has 106 valence electrons. The van der Waals surface area contributed by atoms with Crippen molar-refractivity contribution in [3.8, 4) is 0 Å². The summed E-state index contributed by atoms with van der Waals surface area (Å²) >= 11 is 0. The highest BCUT2D eigenvalue weighted by atomic mass is 16.1. The first-order chi connectivity index (χ1) is 8.61. The van der Waals surface area contributed by atoms with Gasteiger partial charge in [0.1, 0.15) is 0 Å². The Hall–Kier alpha value is -1.35. The minimum Gasteiger partial charge on any atom is -0.352 e. The fourth-order valence-corrected chi connectivity index (χ4v) is 2.23. The second kappa shape index (κ2) is 5.74. The van der Waals surface area contributed by atoms with Gasteiger partial charge in [0.05, 0.1) is 0 Å². The summed E-state index contributed by atoms with van der Waals surface area (Å²) in [6, 6.07) is 2.19. The molecule has 19 heavy (non-hydrogen) atoms. The number of hydrogen-bond acceptors (Lipinski definition) is 2. The molecule has 0 aliphatic heterocycles. The predicted octanol–water partition coefficient (Wildman–Crippen LogP) is 2.66. The zero-order valence-corrected chi connectivity index (χ0v) is 13.0. The van der Waals surface area contributed by atoms with Gasteiger partial charge in [-0.25, -0.2) is 0 Å². The van der Waals surface area contributed by atoms with E-state index in [0.717, 1.165) is 0 Å². The lowest BCUT2D eigenvalue weighted by Crippen LogP contribution is -2.39. The smallest absolute Gasteiger partial charge is 0.222 e. The summed E-state index contributed by atoms with van der Waals surface area (Å²) in [5.74, 6) is 0.00505. The zero-order valence-electron chi connectivity index (χ0n) is 13.0. The van der Waals surface area contributed by atoms with E-state index < -0.39 is 5.54 Å². The summed E-state index contributed by atoms with van der Waals surface area (Å²) in [6.07, 6.45) is 0.343. The summed E-state index contributed by atoms with van der Waals surface area (Å²) < 4.78 is 0. The summed E-state index contributed by atoms with van der Waals surface area (Å²) in [5.41, 5.74) is 11.7. The molecule has 3 heteroatoms. The van der Waals surface area contributed by atoms with Gasteiger partial charge in [-0.3, -0.25) is 4.79 Å². The third-order valence-electron chi connectivity index (χ3n) is 3.60. The molecular formula is C16H26N2O. The first-order valence-corrected chi connectivity index (χ1v) is 6.73. The molecule has 1 aromatic carbocycles. The van der Waals surface area contributed by atoms with E-state index in [4.69, 9.17) is 5.73 Å². The Balaban J connectivity index is 2.81. The van der Waals surface area contributed by atoms with Crippen LogP contribution in [0.25, 0.3) is 0 Å². The van der Waals surface area contributed by atoms with E-state index in [9.17, 15) is 4.79 Å². The molecule has 0 radical (unpaired) electrons. The number of aryl methyl sites for hydroxylation is 2. The molecule has 3 N–H and O–H groups in total. The number of carbonyl (C=O) groups is 1. The van der Waals surface area contributed by atoms with Gasteiger partial charge < -0.3 is 11.1 Å². The molecule has 1 amide bonds. The van der Waals surface area contributed by atoms with E-state index in [2.05, 4.69) is 39.1 Å². The third kappa shape index (κ3) is 4.35. The number of amides is 1. The minimum absolute atomic E-state index is 0.00505. The maximum absolute atomic E-state index is 11.8. The van der Waals surface area contributed by atoms with Gasteiger partial charge in [-0.2, -0.15) is 0 Å². The van der Waals surface area contributed by atoms with E-state index in [1.165, 1.54) is 27.8 Å². The van der Waals surface area contributed by atoms with Gasteiger partial charge in [0, 0.05) is 18.5 Å². The average Bonchev–Trinajstić information content (AvgIpc) is 2.24. The Morgan fingerprint density at radius 1 is 1.16 bits per heavy atom. The number of hydrogen-bond donors (Lipinski definition) is 2. The van der Waals surface area contributed by atoms with Crippen molar-refractivity contribution in [1.82, 2.24) is 5.32 Å². The van der Waals surface area contributed by atoms with Crippen LogP contribution in [-0.2, 0) is 11.3 Å². The van der Waals surface area contributed by atoms with Crippen LogP contribution in [0.1, 0.15) is 48.1 Å². The van der Waals surface area contributed by atoms with Crippen LogP contribution in [0, 0.1) is 27.7 Å². The lowest BCUT2D eigenvalue weighted by atomic mass is 9.94. The number of nitrogens with one attached hydrogen (secondary N) is 1.